The van der Waals surface area contributed by atoms with Gasteiger partial charge in [0.2, 0.25) is 0 Å². The Balaban J connectivity index is 1.87. The van der Waals surface area contributed by atoms with Crippen molar-refractivity contribution in [2.24, 2.45) is 17.8 Å². The van der Waals surface area contributed by atoms with Crippen LogP contribution in [0, 0.1) is 17.8 Å². The second-order valence-corrected chi connectivity index (χ2v) is 4.10. The third-order valence-corrected chi connectivity index (χ3v) is 3.67. The normalized spacial score (nSPS) is 51.5. The van der Waals surface area contributed by atoms with Crippen LogP contribution in [0.1, 0.15) is 19.8 Å². The van der Waals surface area contributed by atoms with E-state index in [-0.39, 0.29) is 5.79 Å². The molecule has 62 valence electrons. The second kappa shape index (κ2) is 1.80. The van der Waals surface area contributed by atoms with Gasteiger partial charge in [-0.15, -0.1) is 0 Å². The summed E-state index contributed by atoms with van der Waals surface area (Å²) < 4.78 is 11.4. The predicted molar refractivity (Wildman–Crippen MR) is 40.0 cm³/mol. The van der Waals surface area contributed by atoms with Gasteiger partial charge in [-0.3, -0.25) is 0 Å². The van der Waals surface area contributed by atoms with E-state index in [1.54, 1.807) is 0 Å². The van der Waals surface area contributed by atoms with E-state index < -0.39 is 0 Å². The second-order valence-electron chi connectivity index (χ2n) is 4.10. The fourth-order valence-electron chi connectivity index (χ4n) is 3.06. The Morgan fingerprint density at radius 2 is 2.00 bits per heavy atom. The van der Waals surface area contributed by atoms with Crippen LogP contribution in [-0.4, -0.2) is 19.0 Å². The van der Waals surface area contributed by atoms with Gasteiger partial charge in [0.05, 0.1) is 13.2 Å². The Hall–Kier alpha value is -0.0800. The number of hydrogen-bond donors (Lipinski definition) is 0. The molecular weight excluding hydrogens is 140 g/mol. The standard InChI is InChI=1S/C9H14O2/c1-6-7-2-3-9(8(6)7)10-4-5-11-9/h6-8H,2-5H2,1H3/t6-,7?,8?/m0/s1. The molecule has 11 heavy (non-hydrogen) atoms. The summed E-state index contributed by atoms with van der Waals surface area (Å²) in [5, 5.41) is 0. The lowest BCUT2D eigenvalue weighted by Crippen LogP contribution is -2.30. The lowest BCUT2D eigenvalue weighted by atomic mass is 10.1. The summed E-state index contributed by atoms with van der Waals surface area (Å²) in [6, 6.07) is 0. The van der Waals surface area contributed by atoms with Crippen molar-refractivity contribution in [3.8, 4) is 0 Å². The molecule has 1 spiro atoms. The van der Waals surface area contributed by atoms with Crippen LogP contribution in [0.3, 0.4) is 0 Å². The highest BCUT2D eigenvalue weighted by Crippen LogP contribution is 2.64. The molecule has 3 fully saturated rings. The minimum absolute atomic E-state index is 0.107. The molecule has 3 atom stereocenters. The maximum Gasteiger partial charge on any atom is 0.171 e. The first-order valence-electron chi connectivity index (χ1n) is 4.61. The Morgan fingerprint density at radius 3 is 2.55 bits per heavy atom. The number of hydrogen-bond acceptors (Lipinski definition) is 2. The molecule has 1 saturated heterocycles. The van der Waals surface area contributed by atoms with E-state index in [0.29, 0.717) is 0 Å². The molecular formula is C9H14O2. The van der Waals surface area contributed by atoms with E-state index >= 15 is 0 Å². The Bertz CT molecular complexity index is 178. The van der Waals surface area contributed by atoms with Gasteiger partial charge in [0, 0.05) is 12.3 Å². The van der Waals surface area contributed by atoms with Crippen LogP contribution in [0.5, 0.6) is 0 Å². The van der Waals surface area contributed by atoms with Crippen LogP contribution in [0.4, 0.5) is 0 Å². The Labute approximate surface area is 66.9 Å². The van der Waals surface area contributed by atoms with Gasteiger partial charge < -0.3 is 9.47 Å². The van der Waals surface area contributed by atoms with Crippen LogP contribution in [0.2, 0.25) is 0 Å². The third kappa shape index (κ3) is 0.651. The topological polar surface area (TPSA) is 18.5 Å². The number of fused-ring (bicyclic) bond motifs is 2. The average molecular weight is 154 g/mol. The monoisotopic (exact) mass is 154 g/mol. The fourth-order valence-corrected chi connectivity index (χ4v) is 3.06. The van der Waals surface area contributed by atoms with Gasteiger partial charge in [0.25, 0.3) is 0 Å². The van der Waals surface area contributed by atoms with Gasteiger partial charge in [-0.25, -0.2) is 0 Å². The first kappa shape index (κ1) is 6.44. The zero-order valence-electron chi connectivity index (χ0n) is 6.88. The van der Waals surface area contributed by atoms with Gasteiger partial charge in [0.1, 0.15) is 0 Å². The highest BCUT2D eigenvalue weighted by molar-refractivity contribution is 5.09. The van der Waals surface area contributed by atoms with E-state index in [1.165, 1.54) is 6.42 Å². The van der Waals surface area contributed by atoms with Crippen LogP contribution >= 0.6 is 0 Å². The maximum atomic E-state index is 5.70. The van der Waals surface area contributed by atoms with Gasteiger partial charge in [0.15, 0.2) is 5.79 Å². The molecule has 0 aromatic heterocycles. The van der Waals surface area contributed by atoms with Crippen LogP contribution in [0.25, 0.3) is 0 Å². The quantitative estimate of drug-likeness (QED) is 0.525. The van der Waals surface area contributed by atoms with E-state index in [2.05, 4.69) is 6.92 Å². The van der Waals surface area contributed by atoms with Crippen LogP contribution in [-0.2, 0) is 9.47 Å². The van der Waals surface area contributed by atoms with Crippen molar-refractivity contribution >= 4 is 0 Å². The summed E-state index contributed by atoms with van der Waals surface area (Å²) in [5.41, 5.74) is 0. The molecule has 2 saturated carbocycles. The summed E-state index contributed by atoms with van der Waals surface area (Å²) in [6.45, 7) is 3.95. The largest absolute Gasteiger partial charge is 0.347 e. The lowest BCUT2D eigenvalue weighted by Gasteiger charge is -2.24. The van der Waals surface area contributed by atoms with Crippen molar-refractivity contribution in [3.05, 3.63) is 0 Å². The molecule has 1 aliphatic heterocycles. The lowest BCUT2D eigenvalue weighted by molar-refractivity contribution is -0.170. The van der Waals surface area contributed by atoms with Gasteiger partial charge in [-0.1, -0.05) is 6.92 Å². The van der Waals surface area contributed by atoms with E-state index in [9.17, 15) is 0 Å². The molecule has 0 radical (unpaired) electrons. The zero-order chi connectivity index (χ0) is 7.47. The summed E-state index contributed by atoms with van der Waals surface area (Å²) in [6.07, 6.45) is 2.47. The number of rotatable bonds is 0. The predicted octanol–water partition coefficient (Wildman–Crippen LogP) is 1.41. The molecule has 0 aromatic rings. The molecule has 3 rings (SSSR count). The molecule has 2 heteroatoms. The first-order chi connectivity index (χ1) is 5.33. The molecule has 0 N–H and O–H groups in total. The first-order valence-corrected chi connectivity index (χ1v) is 4.61. The SMILES string of the molecule is C[C@H]1C2CCC3(OCCO3)C21. The molecule has 0 amide bonds. The highest BCUT2D eigenvalue weighted by atomic mass is 16.7. The zero-order valence-corrected chi connectivity index (χ0v) is 6.88. The van der Waals surface area contributed by atoms with Crippen molar-refractivity contribution in [2.45, 2.75) is 25.6 Å². The minimum Gasteiger partial charge on any atom is -0.347 e. The summed E-state index contributed by atoms with van der Waals surface area (Å²) in [7, 11) is 0. The highest BCUT2D eigenvalue weighted by Gasteiger charge is 2.66. The molecule has 1 heterocycles. The smallest absolute Gasteiger partial charge is 0.171 e. The van der Waals surface area contributed by atoms with Crippen LogP contribution in [0.15, 0.2) is 0 Å². The van der Waals surface area contributed by atoms with Crippen molar-refractivity contribution in [3.63, 3.8) is 0 Å². The molecule has 2 unspecified atom stereocenters. The summed E-state index contributed by atoms with van der Waals surface area (Å²) in [5.74, 6) is 2.42. The summed E-state index contributed by atoms with van der Waals surface area (Å²) in [4.78, 5) is 0. The van der Waals surface area contributed by atoms with E-state index in [1.807, 2.05) is 0 Å². The van der Waals surface area contributed by atoms with Gasteiger partial charge in [-0.2, -0.15) is 0 Å². The molecule has 2 nitrogen and oxygen atoms in total. The fraction of sp³-hybridized carbons (Fsp3) is 1.00. The Morgan fingerprint density at radius 1 is 1.27 bits per heavy atom. The number of ether oxygens (including phenoxy) is 2. The third-order valence-electron chi connectivity index (χ3n) is 3.67. The molecule has 0 aromatic carbocycles. The van der Waals surface area contributed by atoms with Gasteiger partial charge >= 0.3 is 0 Å². The minimum atomic E-state index is -0.107. The maximum absolute atomic E-state index is 5.70. The van der Waals surface area contributed by atoms with Crippen molar-refractivity contribution in [1.29, 1.82) is 0 Å². The van der Waals surface area contributed by atoms with Gasteiger partial charge in [-0.05, 0) is 18.3 Å². The molecule has 0 bridgehead atoms. The van der Waals surface area contributed by atoms with Crippen LogP contribution < -0.4 is 0 Å². The van der Waals surface area contributed by atoms with E-state index in [0.717, 1.165) is 37.4 Å². The molecule has 2 aliphatic carbocycles. The molecule has 3 aliphatic rings. The van der Waals surface area contributed by atoms with Crippen molar-refractivity contribution < 1.29 is 9.47 Å². The Kier molecular flexibility index (Phi) is 1.06. The van der Waals surface area contributed by atoms with E-state index in [4.69, 9.17) is 9.47 Å². The van der Waals surface area contributed by atoms with Crippen molar-refractivity contribution in [1.82, 2.24) is 0 Å². The van der Waals surface area contributed by atoms with Crippen molar-refractivity contribution in [2.75, 3.05) is 13.2 Å². The summed E-state index contributed by atoms with van der Waals surface area (Å²) >= 11 is 0. The average Bonchev–Trinajstić information content (AvgIpc) is 2.52.